The maximum atomic E-state index is 12.2. The summed E-state index contributed by atoms with van der Waals surface area (Å²) in [6, 6.07) is 9.55. The molecule has 6 heteroatoms. The van der Waals surface area contributed by atoms with E-state index in [0.29, 0.717) is 30.4 Å². The SMILES string of the molecule is CC(C)(C)OC(=O)N1CCC(=C(Br)C(=O)OCc2ccccc2)CC1. The van der Waals surface area contributed by atoms with Gasteiger partial charge in [0, 0.05) is 13.1 Å². The number of hydrogen-bond donors (Lipinski definition) is 0. The number of benzene rings is 1. The minimum atomic E-state index is -0.505. The summed E-state index contributed by atoms with van der Waals surface area (Å²) >= 11 is 3.35. The maximum Gasteiger partial charge on any atom is 0.410 e. The first-order valence-electron chi connectivity index (χ1n) is 8.33. The fraction of sp³-hybridized carbons (Fsp3) is 0.474. The molecule has 0 N–H and O–H groups in total. The van der Waals surface area contributed by atoms with E-state index in [1.807, 2.05) is 51.1 Å². The number of piperidine rings is 1. The van der Waals surface area contributed by atoms with Crippen molar-refractivity contribution in [3.8, 4) is 0 Å². The summed E-state index contributed by atoms with van der Waals surface area (Å²) in [6.07, 6.45) is 0.940. The third-order valence-corrected chi connectivity index (χ3v) is 4.61. The number of esters is 1. The molecule has 1 fully saturated rings. The first-order valence-corrected chi connectivity index (χ1v) is 9.12. The molecule has 0 atom stereocenters. The van der Waals surface area contributed by atoms with Crippen molar-refractivity contribution in [2.75, 3.05) is 13.1 Å². The Morgan fingerprint density at radius 1 is 1.12 bits per heavy atom. The molecule has 1 aliphatic heterocycles. The van der Waals surface area contributed by atoms with Crippen LogP contribution in [-0.4, -0.2) is 35.7 Å². The zero-order valence-corrected chi connectivity index (χ0v) is 16.5. The van der Waals surface area contributed by atoms with Crippen LogP contribution in [0.15, 0.2) is 40.4 Å². The molecule has 0 saturated carbocycles. The largest absolute Gasteiger partial charge is 0.457 e. The van der Waals surface area contributed by atoms with Gasteiger partial charge < -0.3 is 14.4 Å². The van der Waals surface area contributed by atoms with Crippen molar-refractivity contribution < 1.29 is 19.1 Å². The number of carbonyl (C=O) groups is 2. The van der Waals surface area contributed by atoms with Crippen molar-refractivity contribution in [3.63, 3.8) is 0 Å². The topological polar surface area (TPSA) is 55.8 Å². The molecule has 5 nitrogen and oxygen atoms in total. The summed E-state index contributed by atoms with van der Waals surface area (Å²) in [4.78, 5) is 25.9. The van der Waals surface area contributed by atoms with Gasteiger partial charge in [0.25, 0.3) is 0 Å². The number of hydrogen-bond acceptors (Lipinski definition) is 4. The number of halogens is 1. The molecular weight excluding hydrogens is 386 g/mol. The van der Waals surface area contributed by atoms with Gasteiger partial charge in [0.15, 0.2) is 0 Å². The van der Waals surface area contributed by atoms with Crippen LogP contribution < -0.4 is 0 Å². The standard InChI is InChI=1S/C19H24BrNO4/c1-19(2,3)25-18(23)21-11-9-15(10-12-21)16(20)17(22)24-13-14-7-5-4-6-8-14/h4-8H,9-13H2,1-3H3. The van der Waals surface area contributed by atoms with Crippen molar-refractivity contribution in [2.45, 2.75) is 45.8 Å². The van der Waals surface area contributed by atoms with Crippen molar-refractivity contribution >= 4 is 28.0 Å². The Bertz CT molecular complexity index is 639. The molecule has 0 unspecified atom stereocenters. The summed E-state index contributed by atoms with van der Waals surface area (Å²) in [6.45, 7) is 6.85. The lowest BCUT2D eigenvalue weighted by molar-refractivity contribution is -0.139. The minimum Gasteiger partial charge on any atom is -0.457 e. The van der Waals surface area contributed by atoms with E-state index in [4.69, 9.17) is 9.47 Å². The van der Waals surface area contributed by atoms with E-state index in [1.54, 1.807) is 4.90 Å². The van der Waals surface area contributed by atoms with Gasteiger partial charge in [-0.3, -0.25) is 0 Å². The summed E-state index contributed by atoms with van der Waals surface area (Å²) in [5.41, 5.74) is 1.41. The van der Waals surface area contributed by atoms with Gasteiger partial charge in [0.1, 0.15) is 16.7 Å². The average Bonchev–Trinajstić information content (AvgIpc) is 2.58. The number of carbonyl (C=O) groups excluding carboxylic acids is 2. The zero-order valence-electron chi connectivity index (χ0n) is 14.9. The predicted octanol–water partition coefficient (Wildman–Crippen LogP) is 4.41. The smallest absolute Gasteiger partial charge is 0.410 e. The third-order valence-electron chi connectivity index (χ3n) is 3.72. The van der Waals surface area contributed by atoms with Gasteiger partial charge in [-0.2, -0.15) is 0 Å². The molecule has 0 spiro atoms. The first kappa shape index (κ1) is 19.5. The number of nitrogens with zero attached hydrogens (tertiary/aromatic N) is 1. The molecule has 0 bridgehead atoms. The van der Waals surface area contributed by atoms with E-state index in [1.165, 1.54) is 0 Å². The van der Waals surface area contributed by atoms with Gasteiger partial charge in [0.2, 0.25) is 0 Å². The molecule has 1 amide bonds. The van der Waals surface area contributed by atoms with Gasteiger partial charge in [0.05, 0.1) is 0 Å². The summed E-state index contributed by atoms with van der Waals surface area (Å²) in [5.74, 6) is -0.371. The Kier molecular flexibility index (Phi) is 6.64. The highest BCUT2D eigenvalue weighted by molar-refractivity contribution is 9.12. The second-order valence-electron chi connectivity index (χ2n) is 6.95. The Balaban J connectivity index is 1.87. The highest BCUT2D eigenvalue weighted by Crippen LogP contribution is 2.26. The van der Waals surface area contributed by atoms with Crippen LogP contribution >= 0.6 is 15.9 Å². The van der Waals surface area contributed by atoms with Gasteiger partial charge in [-0.25, -0.2) is 9.59 Å². The Morgan fingerprint density at radius 2 is 1.72 bits per heavy atom. The predicted molar refractivity (Wildman–Crippen MR) is 99.2 cm³/mol. The van der Waals surface area contributed by atoms with Gasteiger partial charge in [-0.1, -0.05) is 30.3 Å². The van der Waals surface area contributed by atoms with Crippen LogP contribution in [0.5, 0.6) is 0 Å². The fourth-order valence-electron chi connectivity index (χ4n) is 2.44. The summed E-state index contributed by atoms with van der Waals surface area (Å²) < 4.78 is 11.2. The highest BCUT2D eigenvalue weighted by Gasteiger charge is 2.26. The van der Waals surface area contributed by atoms with Crippen LogP contribution in [0.1, 0.15) is 39.2 Å². The van der Waals surface area contributed by atoms with Crippen LogP contribution in [0.2, 0.25) is 0 Å². The lowest BCUT2D eigenvalue weighted by Crippen LogP contribution is -2.40. The molecule has 1 aromatic carbocycles. The molecule has 136 valence electrons. The lowest BCUT2D eigenvalue weighted by Gasteiger charge is -2.31. The lowest BCUT2D eigenvalue weighted by atomic mass is 10.0. The van der Waals surface area contributed by atoms with Crippen LogP contribution in [0.3, 0.4) is 0 Å². The van der Waals surface area contributed by atoms with Crippen molar-refractivity contribution in [1.82, 2.24) is 4.90 Å². The summed E-state index contributed by atoms with van der Waals surface area (Å²) in [5, 5.41) is 0. The molecule has 0 aromatic heterocycles. The Labute approximate surface area is 157 Å². The van der Waals surface area contributed by atoms with Gasteiger partial charge >= 0.3 is 12.1 Å². The van der Waals surface area contributed by atoms with Gasteiger partial charge in [-0.15, -0.1) is 0 Å². The number of likely N-dealkylation sites (tertiary alicyclic amines) is 1. The Hall–Kier alpha value is -1.82. The number of amides is 1. The van der Waals surface area contributed by atoms with Crippen molar-refractivity contribution in [3.05, 3.63) is 46.0 Å². The summed E-state index contributed by atoms with van der Waals surface area (Å²) in [7, 11) is 0. The van der Waals surface area contributed by atoms with E-state index in [-0.39, 0.29) is 18.7 Å². The van der Waals surface area contributed by atoms with Crippen molar-refractivity contribution in [2.24, 2.45) is 0 Å². The van der Waals surface area contributed by atoms with Crippen LogP contribution in [-0.2, 0) is 20.9 Å². The maximum absolute atomic E-state index is 12.2. The van der Waals surface area contributed by atoms with Crippen LogP contribution in [0, 0.1) is 0 Å². The molecule has 25 heavy (non-hydrogen) atoms. The zero-order chi connectivity index (χ0) is 18.4. The van der Waals surface area contributed by atoms with Crippen LogP contribution in [0.25, 0.3) is 0 Å². The monoisotopic (exact) mass is 409 g/mol. The molecule has 2 rings (SSSR count). The van der Waals surface area contributed by atoms with E-state index in [9.17, 15) is 9.59 Å². The molecule has 0 aliphatic carbocycles. The minimum absolute atomic E-state index is 0.242. The second-order valence-corrected chi connectivity index (χ2v) is 7.74. The average molecular weight is 410 g/mol. The normalized spacial score (nSPS) is 14.9. The first-order chi connectivity index (χ1) is 11.8. The van der Waals surface area contributed by atoms with E-state index in [0.717, 1.165) is 11.1 Å². The molecule has 1 saturated heterocycles. The van der Waals surface area contributed by atoms with Crippen molar-refractivity contribution in [1.29, 1.82) is 0 Å². The van der Waals surface area contributed by atoms with Gasteiger partial charge in [-0.05, 0) is 60.7 Å². The molecular formula is C19H24BrNO4. The van der Waals surface area contributed by atoms with E-state index < -0.39 is 5.60 Å². The number of ether oxygens (including phenoxy) is 2. The third kappa shape index (κ3) is 6.20. The molecule has 1 aliphatic rings. The molecule has 1 aromatic rings. The van der Waals surface area contributed by atoms with E-state index >= 15 is 0 Å². The fourth-order valence-corrected chi connectivity index (χ4v) is 2.95. The molecule has 1 heterocycles. The quantitative estimate of drug-likeness (QED) is 0.547. The number of rotatable bonds is 3. The molecule has 0 radical (unpaired) electrons. The van der Waals surface area contributed by atoms with Crippen LogP contribution in [0.4, 0.5) is 4.79 Å². The second kappa shape index (κ2) is 8.52. The highest BCUT2D eigenvalue weighted by atomic mass is 79.9. The van der Waals surface area contributed by atoms with E-state index in [2.05, 4.69) is 15.9 Å². The Morgan fingerprint density at radius 3 is 2.28 bits per heavy atom.